The molecule has 1 rings (SSSR count). The molecular formula is C13H26N2O2. The molecule has 1 fully saturated rings. The van der Waals surface area contributed by atoms with Gasteiger partial charge in [0.2, 0.25) is 5.91 Å². The molecule has 1 unspecified atom stereocenters. The standard InChI is InChI=1S/C13H26N2O2/c1-13(2,7-8-14)6-5-12(17)15-9-11(16)10-3-4-10/h10-11,16H,3-9,14H2,1-2H3,(H,15,17). The molecule has 0 aromatic heterocycles. The highest BCUT2D eigenvalue weighted by Gasteiger charge is 2.29. The van der Waals surface area contributed by atoms with Gasteiger partial charge in [-0.25, -0.2) is 0 Å². The average Bonchev–Trinajstić information content (AvgIpc) is 3.06. The lowest BCUT2D eigenvalue weighted by atomic mass is 9.84. The van der Waals surface area contributed by atoms with Crippen molar-refractivity contribution in [2.45, 2.75) is 52.1 Å². The number of rotatable bonds is 8. The Bertz CT molecular complexity index is 250. The first-order chi connectivity index (χ1) is 7.94. The third-order valence-electron chi connectivity index (χ3n) is 3.52. The Hall–Kier alpha value is -0.610. The van der Waals surface area contributed by atoms with Crippen LogP contribution in [0.15, 0.2) is 0 Å². The maximum absolute atomic E-state index is 11.6. The minimum atomic E-state index is -0.351. The van der Waals surface area contributed by atoms with Gasteiger partial charge in [0.25, 0.3) is 0 Å². The third kappa shape index (κ3) is 6.03. The molecule has 0 heterocycles. The van der Waals surface area contributed by atoms with Gasteiger partial charge in [0.1, 0.15) is 0 Å². The van der Waals surface area contributed by atoms with E-state index in [9.17, 15) is 9.90 Å². The monoisotopic (exact) mass is 242 g/mol. The van der Waals surface area contributed by atoms with E-state index in [2.05, 4.69) is 19.2 Å². The molecule has 17 heavy (non-hydrogen) atoms. The number of nitrogens with two attached hydrogens (primary N) is 1. The Morgan fingerprint density at radius 3 is 2.65 bits per heavy atom. The van der Waals surface area contributed by atoms with Crippen molar-refractivity contribution in [2.75, 3.05) is 13.1 Å². The number of hydrogen-bond acceptors (Lipinski definition) is 3. The maximum Gasteiger partial charge on any atom is 0.220 e. The number of aliphatic hydroxyl groups is 1. The summed E-state index contributed by atoms with van der Waals surface area (Å²) in [5.41, 5.74) is 5.65. The third-order valence-corrected chi connectivity index (χ3v) is 3.52. The van der Waals surface area contributed by atoms with Crippen molar-refractivity contribution in [1.29, 1.82) is 0 Å². The van der Waals surface area contributed by atoms with Crippen LogP contribution in [-0.2, 0) is 4.79 Å². The first kappa shape index (κ1) is 14.5. The van der Waals surface area contributed by atoms with Gasteiger partial charge in [0.15, 0.2) is 0 Å². The molecule has 0 aliphatic heterocycles. The van der Waals surface area contributed by atoms with Crippen LogP contribution in [0, 0.1) is 11.3 Å². The van der Waals surface area contributed by atoms with Crippen LogP contribution in [0.5, 0.6) is 0 Å². The summed E-state index contributed by atoms with van der Waals surface area (Å²) in [7, 11) is 0. The Morgan fingerprint density at radius 2 is 2.12 bits per heavy atom. The van der Waals surface area contributed by atoms with Crippen LogP contribution in [-0.4, -0.2) is 30.2 Å². The van der Waals surface area contributed by atoms with Crippen LogP contribution in [0.2, 0.25) is 0 Å². The van der Waals surface area contributed by atoms with E-state index in [-0.39, 0.29) is 17.4 Å². The van der Waals surface area contributed by atoms with Gasteiger partial charge in [-0.1, -0.05) is 13.8 Å². The van der Waals surface area contributed by atoms with E-state index in [0.717, 1.165) is 25.7 Å². The summed E-state index contributed by atoms with van der Waals surface area (Å²) >= 11 is 0. The first-order valence-electron chi connectivity index (χ1n) is 6.59. The lowest BCUT2D eigenvalue weighted by Crippen LogP contribution is -2.33. The van der Waals surface area contributed by atoms with Crippen LogP contribution in [0.25, 0.3) is 0 Å². The Morgan fingerprint density at radius 1 is 1.47 bits per heavy atom. The number of carbonyl (C=O) groups excluding carboxylic acids is 1. The van der Waals surface area contributed by atoms with E-state index >= 15 is 0 Å². The fourth-order valence-corrected chi connectivity index (χ4v) is 1.92. The Balaban J connectivity index is 2.11. The molecule has 0 spiro atoms. The Labute approximate surface area is 104 Å². The lowest BCUT2D eigenvalue weighted by molar-refractivity contribution is -0.122. The molecule has 0 bridgehead atoms. The second-order valence-electron chi connectivity index (χ2n) is 5.91. The topological polar surface area (TPSA) is 75.4 Å². The summed E-state index contributed by atoms with van der Waals surface area (Å²) in [5, 5.41) is 12.4. The largest absolute Gasteiger partial charge is 0.391 e. The van der Waals surface area contributed by atoms with Gasteiger partial charge in [-0.05, 0) is 43.6 Å². The summed E-state index contributed by atoms with van der Waals surface area (Å²) in [5.74, 6) is 0.457. The predicted octanol–water partition coefficient (Wildman–Crippen LogP) is 1.03. The van der Waals surface area contributed by atoms with Gasteiger partial charge in [0.05, 0.1) is 6.10 Å². The molecule has 4 N–H and O–H groups in total. The van der Waals surface area contributed by atoms with Gasteiger partial charge in [-0.15, -0.1) is 0 Å². The quantitative estimate of drug-likeness (QED) is 0.595. The average molecular weight is 242 g/mol. The fourth-order valence-electron chi connectivity index (χ4n) is 1.92. The fraction of sp³-hybridized carbons (Fsp3) is 0.923. The number of amides is 1. The van der Waals surface area contributed by atoms with Crippen molar-refractivity contribution in [3.05, 3.63) is 0 Å². The van der Waals surface area contributed by atoms with Crippen LogP contribution < -0.4 is 11.1 Å². The van der Waals surface area contributed by atoms with Crippen molar-refractivity contribution in [2.24, 2.45) is 17.1 Å². The van der Waals surface area contributed by atoms with E-state index in [4.69, 9.17) is 5.73 Å². The minimum Gasteiger partial charge on any atom is -0.391 e. The molecule has 1 saturated carbocycles. The lowest BCUT2D eigenvalue weighted by Gasteiger charge is -2.23. The molecule has 0 saturated heterocycles. The van der Waals surface area contributed by atoms with Crippen LogP contribution in [0.3, 0.4) is 0 Å². The molecule has 0 radical (unpaired) electrons. The van der Waals surface area contributed by atoms with Crippen molar-refractivity contribution < 1.29 is 9.90 Å². The second-order valence-corrected chi connectivity index (χ2v) is 5.91. The molecule has 1 aliphatic carbocycles. The normalized spacial score (nSPS) is 17.9. The highest BCUT2D eigenvalue weighted by atomic mass is 16.3. The molecule has 1 atom stereocenters. The highest BCUT2D eigenvalue weighted by molar-refractivity contribution is 5.75. The molecule has 1 amide bonds. The van der Waals surface area contributed by atoms with Crippen LogP contribution >= 0.6 is 0 Å². The number of carbonyl (C=O) groups is 1. The van der Waals surface area contributed by atoms with E-state index in [1.54, 1.807) is 0 Å². The summed E-state index contributed by atoms with van der Waals surface area (Å²) in [6.07, 6.45) is 4.14. The van der Waals surface area contributed by atoms with Crippen LogP contribution in [0.1, 0.15) is 46.0 Å². The number of hydrogen-bond donors (Lipinski definition) is 3. The van der Waals surface area contributed by atoms with E-state index in [0.29, 0.717) is 25.4 Å². The first-order valence-corrected chi connectivity index (χ1v) is 6.59. The molecule has 1 aliphatic rings. The molecular weight excluding hydrogens is 216 g/mol. The summed E-state index contributed by atoms with van der Waals surface area (Å²) in [6, 6.07) is 0. The zero-order valence-electron chi connectivity index (χ0n) is 11.0. The SMILES string of the molecule is CC(C)(CCN)CCC(=O)NCC(O)C1CC1. The zero-order valence-corrected chi connectivity index (χ0v) is 11.0. The maximum atomic E-state index is 11.6. The molecule has 4 heteroatoms. The Kier molecular flexibility index (Phi) is 5.40. The van der Waals surface area contributed by atoms with Crippen molar-refractivity contribution in [3.8, 4) is 0 Å². The minimum absolute atomic E-state index is 0.0368. The number of aliphatic hydroxyl groups excluding tert-OH is 1. The summed E-state index contributed by atoms with van der Waals surface area (Å²) in [6.45, 7) is 5.33. The second kappa shape index (κ2) is 6.36. The highest BCUT2D eigenvalue weighted by Crippen LogP contribution is 2.32. The smallest absolute Gasteiger partial charge is 0.220 e. The summed E-state index contributed by atoms with van der Waals surface area (Å²) in [4.78, 5) is 11.6. The summed E-state index contributed by atoms with van der Waals surface area (Å²) < 4.78 is 0. The van der Waals surface area contributed by atoms with E-state index < -0.39 is 0 Å². The van der Waals surface area contributed by atoms with Gasteiger partial charge in [0, 0.05) is 13.0 Å². The van der Waals surface area contributed by atoms with Gasteiger partial charge < -0.3 is 16.2 Å². The predicted molar refractivity (Wildman–Crippen MR) is 68.4 cm³/mol. The van der Waals surface area contributed by atoms with Crippen molar-refractivity contribution in [3.63, 3.8) is 0 Å². The van der Waals surface area contributed by atoms with Crippen LogP contribution in [0.4, 0.5) is 0 Å². The molecule has 0 aromatic carbocycles. The molecule has 4 nitrogen and oxygen atoms in total. The number of nitrogens with one attached hydrogen (secondary N) is 1. The van der Waals surface area contributed by atoms with Gasteiger partial charge >= 0.3 is 0 Å². The van der Waals surface area contributed by atoms with E-state index in [1.165, 1.54) is 0 Å². The van der Waals surface area contributed by atoms with Crippen molar-refractivity contribution in [1.82, 2.24) is 5.32 Å². The molecule has 0 aromatic rings. The van der Waals surface area contributed by atoms with E-state index in [1.807, 2.05) is 0 Å². The van der Waals surface area contributed by atoms with Crippen molar-refractivity contribution >= 4 is 5.91 Å². The van der Waals surface area contributed by atoms with Gasteiger partial charge in [-0.3, -0.25) is 4.79 Å². The zero-order chi connectivity index (χ0) is 12.9. The van der Waals surface area contributed by atoms with Gasteiger partial charge in [-0.2, -0.15) is 0 Å². The molecule has 100 valence electrons.